The van der Waals surface area contributed by atoms with Crippen molar-refractivity contribution in [2.24, 2.45) is 0 Å². The molecule has 0 amide bonds. The van der Waals surface area contributed by atoms with Crippen molar-refractivity contribution in [3.05, 3.63) is 12.7 Å². The maximum atomic E-state index is 6.21. The van der Waals surface area contributed by atoms with Crippen molar-refractivity contribution < 1.29 is 8.37 Å². The van der Waals surface area contributed by atoms with Crippen molar-refractivity contribution >= 4 is 20.5 Å². The number of halogens is 1. The molecule has 0 radical (unpaired) electrons. The van der Waals surface area contributed by atoms with Crippen LogP contribution < -0.4 is 0 Å². The van der Waals surface area contributed by atoms with E-state index < -0.39 is 9.80 Å². The lowest BCUT2D eigenvalue weighted by Gasteiger charge is -2.29. The molecule has 1 heterocycles. The van der Waals surface area contributed by atoms with Crippen molar-refractivity contribution in [1.82, 2.24) is 0 Å². The molecule has 0 aromatic carbocycles. The van der Waals surface area contributed by atoms with Gasteiger partial charge in [-0.25, -0.2) is 0 Å². The molecule has 13 heavy (non-hydrogen) atoms. The van der Waals surface area contributed by atoms with E-state index in [1.807, 2.05) is 27.7 Å². The van der Waals surface area contributed by atoms with Crippen LogP contribution in [0.1, 0.15) is 27.7 Å². The van der Waals surface area contributed by atoms with Crippen LogP contribution in [0.25, 0.3) is 0 Å². The van der Waals surface area contributed by atoms with E-state index >= 15 is 0 Å². The third kappa shape index (κ3) is 2.04. The molecule has 1 fully saturated rings. The average Bonchev–Trinajstić information content (AvgIpc) is 1.96. The summed E-state index contributed by atoms with van der Waals surface area (Å²) in [6, 6.07) is 0. The van der Waals surface area contributed by atoms with Crippen LogP contribution in [0.5, 0.6) is 0 Å². The largest absolute Gasteiger partial charge is 0.260 e. The standard InChI is InChI=1S/C9H17ClO2S/c1-6-7-13(10)11-8(2,3)9(4,5)12-13/h6H,1,7H2,2-5H3. The second-order valence-electron chi connectivity index (χ2n) is 4.18. The van der Waals surface area contributed by atoms with E-state index in [0.717, 1.165) is 0 Å². The molecule has 0 aliphatic carbocycles. The third-order valence-corrected chi connectivity index (χ3v) is 5.15. The predicted octanol–water partition coefficient (Wildman–Crippen LogP) is 3.56. The first-order valence-corrected chi connectivity index (χ1v) is 6.73. The molecular formula is C9H17ClO2S. The first kappa shape index (κ1) is 11.4. The molecule has 0 bridgehead atoms. The molecule has 1 aliphatic heterocycles. The zero-order valence-electron chi connectivity index (χ0n) is 8.59. The zero-order chi connectivity index (χ0) is 10.3. The lowest BCUT2D eigenvalue weighted by atomic mass is 9.90. The van der Waals surface area contributed by atoms with Gasteiger partial charge in [0.1, 0.15) is 11.2 Å². The van der Waals surface area contributed by atoms with Gasteiger partial charge in [-0.1, -0.05) is 6.08 Å². The van der Waals surface area contributed by atoms with Crippen LogP contribution in [0.3, 0.4) is 0 Å². The minimum atomic E-state index is -1.91. The monoisotopic (exact) mass is 224 g/mol. The van der Waals surface area contributed by atoms with Gasteiger partial charge in [-0.15, -0.1) is 16.4 Å². The molecule has 0 atom stereocenters. The van der Waals surface area contributed by atoms with Crippen molar-refractivity contribution in [3.8, 4) is 0 Å². The molecule has 0 spiro atoms. The summed E-state index contributed by atoms with van der Waals surface area (Å²) in [5.41, 5.74) is -0.680. The summed E-state index contributed by atoms with van der Waals surface area (Å²) in [7, 11) is 4.29. The Morgan fingerprint density at radius 3 is 1.92 bits per heavy atom. The first-order valence-electron chi connectivity index (χ1n) is 4.25. The van der Waals surface area contributed by atoms with Gasteiger partial charge in [0.15, 0.2) is 0 Å². The predicted molar refractivity (Wildman–Crippen MR) is 58.8 cm³/mol. The molecule has 78 valence electrons. The van der Waals surface area contributed by atoms with E-state index in [9.17, 15) is 0 Å². The lowest BCUT2D eigenvalue weighted by Crippen LogP contribution is -2.41. The molecule has 0 aromatic heterocycles. The Morgan fingerprint density at radius 1 is 1.23 bits per heavy atom. The molecule has 0 unspecified atom stereocenters. The van der Waals surface area contributed by atoms with Gasteiger partial charge >= 0.3 is 0 Å². The van der Waals surface area contributed by atoms with Gasteiger partial charge in [0.05, 0.1) is 5.75 Å². The van der Waals surface area contributed by atoms with Gasteiger partial charge in [-0.05, 0) is 27.7 Å². The second kappa shape index (κ2) is 3.16. The highest BCUT2D eigenvalue weighted by Gasteiger charge is 2.53. The Bertz CT molecular complexity index is 210. The Labute approximate surface area is 86.5 Å². The van der Waals surface area contributed by atoms with Crippen LogP contribution in [0.4, 0.5) is 0 Å². The van der Waals surface area contributed by atoms with Crippen molar-refractivity contribution in [2.45, 2.75) is 38.9 Å². The minimum absolute atomic E-state index is 0.340. The molecule has 2 nitrogen and oxygen atoms in total. The Morgan fingerprint density at radius 2 is 1.62 bits per heavy atom. The summed E-state index contributed by atoms with van der Waals surface area (Å²) < 4.78 is 11.5. The minimum Gasteiger partial charge on any atom is -0.260 e. The quantitative estimate of drug-likeness (QED) is 0.668. The van der Waals surface area contributed by atoms with E-state index in [1.54, 1.807) is 6.08 Å². The number of hydrogen-bond acceptors (Lipinski definition) is 2. The van der Waals surface area contributed by atoms with E-state index in [4.69, 9.17) is 19.0 Å². The summed E-state index contributed by atoms with van der Waals surface area (Å²) in [4.78, 5) is 0. The fourth-order valence-electron chi connectivity index (χ4n) is 1.05. The van der Waals surface area contributed by atoms with E-state index in [-0.39, 0.29) is 11.2 Å². The highest BCUT2D eigenvalue weighted by molar-refractivity contribution is 8.44. The van der Waals surface area contributed by atoms with Crippen molar-refractivity contribution in [3.63, 3.8) is 0 Å². The van der Waals surface area contributed by atoms with Gasteiger partial charge in [0, 0.05) is 10.7 Å². The molecule has 1 rings (SSSR count). The van der Waals surface area contributed by atoms with Crippen LogP contribution in [0, 0.1) is 0 Å². The smallest absolute Gasteiger partial charge is 0.119 e. The van der Waals surface area contributed by atoms with Gasteiger partial charge in [-0.3, -0.25) is 8.37 Å². The van der Waals surface area contributed by atoms with Crippen LogP contribution in [-0.2, 0) is 8.37 Å². The molecule has 1 saturated heterocycles. The molecule has 4 heteroatoms. The summed E-state index contributed by atoms with van der Waals surface area (Å²) in [5, 5.41) is 0. The Balaban J connectivity index is 2.86. The van der Waals surface area contributed by atoms with E-state index in [1.165, 1.54) is 0 Å². The maximum absolute atomic E-state index is 6.21. The molecular weight excluding hydrogens is 208 g/mol. The fourth-order valence-corrected chi connectivity index (χ4v) is 4.36. The summed E-state index contributed by atoms with van der Waals surface area (Å²) in [6.07, 6.45) is 1.74. The Kier molecular flexibility index (Phi) is 2.76. The fraction of sp³-hybridized carbons (Fsp3) is 0.778. The van der Waals surface area contributed by atoms with Gasteiger partial charge in [-0.2, -0.15) is 0 Å². The SMILES string of the molecule is C=CCS1(Cl)OC(C)(C)C(C)(C)O1. The molecule has 0 N–H and O–H groups in total. The van der Waals surface area contributed by atoms with Gasteiger partial charge in [0.2, 0.25) is 0 Å². The van der Waals surface area contributed by atoms with Crippen LogP contribution >= 0.6 is 20.5 Å². The Hall–Kier alpha value is 0.300. The van der Waals surface area contributed by atoms with Crippen molar-refractivity contribution in [1.29, 1.82) is 0 Å². The lowest BCUT2D eigenvalue weighted by molar-refractivity contribution is 0.00578. The molecule has 1 aliphatic rings. The third-order valence-electron chi connectivity index (χ3n) is 2.43. The first-order chi connectivity index (χ1) is 5.72. The molecule has 0 aromatic rings. The average molecular weight is 225 g/mol. The summed E-state index contributed by atoms with van der Waals surface area (Å²) in [6.45, 7) is 11.6. The highest BCUT2D eigenvalue weighted by atomic mass is 35.7. The maximum Gasteiger partial charge on any atom is 0.119 e. The normalized spacial score (nSPS) is 31.2. The van der Waals surface area contributed by atoms with Gasteiger partial charge < -0.3 is 0 Å². The van der Waals surface area contributed by atoms with E-state index in [0.29, 0.717) is 5.75 Å². The summed E-state index contributed by atoms with van der Waals surface area (Å²) in [5.74, 6) is 0.571. The zero-order valence-corrected chi connectivity index (χ0v) is 10.2. The second-order valence-corrected chi connectivity index (χ2v) is 7.34. The van der Waals surface area contributed by atoms with Crippen molar-refractivity contribution in [2.75, 3.05) is 5.75 Å². The van der Waals surface area contributed by atoms with Crippen LogP contribution in [0.15, 0.2) is 12.7 Å². The summed E-state index contributed by atoms with van der Waals surface area (Å²) >= 11 is 0. The van der Waals surface area contributed by atoms with Gasteiger partial charge in [0.25, 0.3) is 0 Å². The highest BCUT2D eigenvalue weighted by Crippen LogP contribution is 2.67. The topological polar surface area (TPSA) is 18.5 Å². The van der Waals surface area contributed by atoms with E-state index in [2.05, 4.69) is 6.58 Å². The number of hydrogen-bond donors (Lipinski definition) is 0. The van der Waals surface area contributed by atoms with Crippen LogP contribution in [0.2, 0.25) is 0 Å². The van der Waals surface area contributed by atoms with Crippen LogP contribution in [-0.4, -0.2) is 17.0 Å². The molecule has 0 saturated carbocycles. The number of rotatable bonds is 2.